The lowest BCUT2D eigenvalue weighted by Crippen LogP contribution is -2.29. The number of methoxy groups -OCH3 is 1. The van der Waals surface area contributed by atoms with Crippen molar-refractivity contribution in [2.45, 2.75) is 18.6 Å². The number of rotatable bonds is 4. The SMILES string of the molecule is COC(=O)c1ccc(NCC2CC(F)CN2)cc1. The molecule has 2 atom stereocenters. The van der Waals surface area contributed by atoms with Gasteiger partial charge in [0.25, 0.3) is 0 Å². The van der Waals surface area contributed by atoms with Gasteiger partial charge in [-0.1, -0.05) is 0 Å². The van der Waals surface area contributed by atoms with Crippen molar-refractivity contribution in [2.75, 3.05) is 25.5 Å². The highest BCUT2D eigenvalue weighted by atomic mass is 19.1. The molecular formula is C13H17FN2O2. The molecule has 0 saturated carbocycles. The Hall–Kier alpha value is -1.62. The van der Waals surface area contributed by atoms with E-state index in [0.29, 0.717) is 25.1 Å². The molecule has 1 heterocycles. The van der Waals surface area contributed by atoms with Gasteiger partial charge in [0, 0.05) is 24.8 Å². The number of hydrogen-bond donors (Lipinski definition) is 2. The number of benzene rings is 1. The first-order valence-electron chi connectivity index (χ1n) is 5.98. The van der Waals surface area contributed by atoms with Crippen LogP contribution in [0.5, 0.6) is 0 Å². The largest absolute Gasteiger partial charge is 0.465 e. The zero-order chi connectivity index (χ0) is 13.0. The van der Waals surface area contributed by atoms with Crippen LogP contribution in [0.2, 0.25) is 0 Å². The molecule has 1 aromatic rings. The van der Waals surface area contributed by atoms with Crippen LogP contribution in [0.15, 0.2) is 24.3 Å². The summed E-state index contributed by atoms with van der Waals surface area (Å²) in [7, 11) is 1.35. The molecule has 0 aromatic heterocycles. The maximum Gasteiger partial charge on any atom is 0.337 e. The topological polar surface area (TPSA) is 50.4 Å². The second-order valence-corrected chi connectivity index (χ2v) is 4.39. The van der Waals surface area contributed by atoms with E-state index >= 15 is 0 Å². The molecule has 2 unspecified atom stereocenters. The number of anilines is 1. The quantitative estimate of drug-likeness (QED) is 0.799. The van der Waals surface area contributed by atoms with E-state index in [1.807, 2.05) is 12.1 Å². The summed E-state index contributed by atoms with van der Waals surface area (Å²) in [4.78, 5) is 11.2. The third-order valence-electron chi connectivity index (χ3n) is 3.03. The van der Waals surface area contributed by atoms with Crippen molar-refractivity contribution in [1.82, 2.24) is 5.32 Å². The predicted octanol–water partition coefficient (Wildman–Crippen LogP) is 1.59. The number of ether oxygens (including phenoxy) is 1. The molecule has 98 valence electrons. The highest BCUT2D eigenvalue weighted by Crippen LogP contribution is 2.13. The molecule has 0 bridgehead atoms. The van der Waals surface area contributed by atoms with Gasteiger partial charge in [-0.2, -0.15) is 0 Å². The lowest BCUT2D eigenvalue weighted by Gasteiger charge is -2.12. The summed E-state index contributed by atoms with van der Waals surface area (Å²) < 4.78 is 17.6. The van der Waals surface area contributed by atoms with E-state index < -0.39 is 6.17 Å². The summed E-state index contributed by atoms with van der Waals surface area (Å²) in [5.74, 6) is -0.348. The van der Waals surface area contributed by atoms with Gasteiger partial charge < -0.3 is 15.4 Å². The van der Waals surface area contributed by atoms with Crippen LogP contribution < -0.4 is 10.6 Å². The molecule has 1 saturated heterocycles. The zero-order valence-electron chi connectivity index (χ0n) is 10.3. The molecule has 1 aromatic carbocycles. The molecule has 18 heavy (non-hydrogen) atoms. The average Bonchev–Trinajstić information content (AvgIpc) is 2.82. The molecule has 2 rings (SSSR count). The van der Waals surface area contributed by atoms with E-state index in [-0.39, 0.29) is 12.0 Å². The van der Waals surface area contributed by atoms with Gasteiger partial charge in [-0.25, -0.2) is 9.18 Å². The van der Waals surface area contributed by atoms with Crippen LogP contribution in [0, 0.1) is 0 Å². The molecule has 0 radical (unpaired) electrons. The van der Waals surface area contributed by atoms with Gasteiger partial charge in [-0.15, -0.1) is 0 Å². The van der Waals surface area contributed by atoms with Gasteiger partial charge in [0.05, 0.1) is 12.7 Å². The van der Waals surface area contributed by atoms with Gasteiger partial charge >= 0.3 is 5.97 Å². The lowest BCUT2D eigenvalue weighted by atomic mass is 10.2. The van der Waals surface area contributed by atoms with E-state index in [9.17, 15) is 9.18 Å². The number of esters is 1. The van der Waals surface area contributed by atoms with Crippen LogP contribution in [0.1, 0.15) is 16.8 Å². The normalized spacial score (nSPS) is 22.8. The van der Waals surface area contributed by atoms with Crippen LogP contribution in [0.4, 0.5) is 10.1 Å². The fraction of sp³-hybridized carbons (Fsp3) is 0.462. The van der Waals surface area contributed by atoms with Crippen molar-refractivity contribution in [2.24, 2.45) is 0 Å². The van der Waals surface area contributed by atoms with E-state index in [2.05, 4.69) is 15.4 Å². The maximum atomic E-state index is 12.9. The van der Waals surface area contributed by atoms with Gasteiger partial charge in [0.1, 0.15) is 6.17 Å². The third kappa shape index (κ3) is 3.20. The number of halogens is 1. The summed E-state index contributed by atoms with van der Waals surface area (Å²) in [6.45, 7) is 1.12. The minimum Gasteiger partial charge on any atom is -0.465 e. The van der Waals surface area contributed by atoms with E-state index in [1.165, 1.54) is 7.11 Å². The number of hydrogen-bond acceptors (Lipinski definition) is 4. The van der Waals surface area contributed by atoms with Crippen LogP contribution in [-0.4, -0.2) is 38.4 Å². The van der Waals surface area contributed by atoms with Crippen LogP contribution in [-0.2, 0) is 4.74 Å². The molecule has 4 nitrogen and oxygen atoms in total. The van der Waals surface area contributed by atoms with Gasteiger partial charge in [-0.05, 0) is 30.7 Å². The Bertz CT molecular complexity index is 408. The van der Waals surface area contributed by atoms with Crippen molar-refractivity contribution in [3.8, 4) is 0 Å². The van der Waals surface area contributed by atoms with Crippen LogP contribution in [0.3, 0.4) is 0 Å². The Kier molecular flexibility index (Phi) is 4.15. The standard InChI is InChI=1S/C13H17FN2O2/c1-18-13(17)9-2-4-11(5-3-9)16-8-12-6-10(14)7-15-12/h2-5,10,12,15-16H,6-8H2,1H3. The number of carbonyl (C=O) groups is 1. The molecule has 0 spiro atoms. The molecule has 5 heteroatoms. The minimum atomic E-state index is -0.737. The van der Waals surface area contributed by atoms with Crippen molar-refractivity contribution in [3.05, 3.63) is 29.8 Å². The van der Waals surface area contributed by atoms with Crippen molar-refractivity contribution >= 4 is 11.7 Å². The van der Waals surface area contributed by atoms with Gasteiger partial charge in [0.2, 0.25) is 0 Å². The molecule has 0 aliphatic carbocycles. The summed E-state index contributed by atoms with van der Waals surface area (Å²) in [6.07, 6.45) is -0.189. The van der Waals surface area contributed by atoms with Crippen LogP contribution >= 0.6 is 0 Å². The van der Waals surface area contributed by atoms with E-state index in [4.69, 9.17) is 0 Å². The Morgan fingerprint density at radius 1 is 1.50 bits per heavy atom. The summed E-state index contributed by atoms with van der Waals surface area (Å²) >= 11 is 0. The molecule has 1 aliphatic heterocycles. The fourth-order valence-electron chi connectivity index (χ4n) is 2.01. The minimum absolute atomic E-state index is 0.167. The Morgan fingerprint density at radius 3 is 2.78 bits per heavy atom. The number of nitrogens with one attached hydrogen (secondary N) is 2. The zero-order valence-corrected chi connectivity index (χ0v) is 10.3. The molecule has 1 aliphatic rings. The maximum absolute atomic E-state index is 12.9. The molecule has 2 N–H and O–H groups in total. The summed E-state index contributed by atoms with van der Waals surface area (Å²) in [5.41, 5.74) is 1.43. The van der Waals surface area contributed by atoms with Crippen LogP contribution in [0.25, 0.3) is 0 Å². The monoisotopic (exact) mass is 252 g/mol. The summed E-state index contributed by atoms with van der Waals surface area (Å²) in [5, 5.41) is 6.31. The average molecular weight is 252 g/mol. The predicted molar refractivity (Wildman–Crippen MR) is 67.6 cm³/mol. The van der Waals surface area contributed by atoms with Gasteiger partial charge in [0.15, 0.2) is 0 Å². The second-order valence-electron chi connectivity index (χ2n) is 4.39. The molecular weight excluding hydrogens is 235 g/mol. The van der Waals surface area contributed by atoms with E-state index in [1.54, 1.807) is 12.1 Å². The lowest BCUT2D eigenvalue weighted by molar-refractivity contribution is 0.0601. The second kappa shape index (κ2) is 5.82. The highest BCUT2D eigenvalue weighted by Gasteiger charge is 2.22. The first kappa shape index (κ1) is 12.8. The summed E-state index contributed by atoms with van der Waals surface area (Å²) in [6, 6.07) is 7.20. The molecule has 0 amide bonds. The third-order valence-corrected chi connectivity index (χ3v) is 3.03. The fourth-order valence-corrected chi connectivity index (χ4v) is 2.01. The Labute approximate surface area is 106 Å². The first-order valence-corrected chi connectivity index (χ1v) is 5.98. The van der Waals surface area contributed by atoms with E-state index in [0.717, 1.165) is 5.69 Å². The van der Waals surface area contributed by atoms with Crippen molar-refractivity contribution in [1.29, 1.82) is 0 Å². The number of alkyl halides is 1. The smallest absolute Gasteiger partial charge is 0.337 e. The number of carbonyl (C=O) groups excluding carboxylic acids is 1. The van der Waals surface area contributed by atoms with Crippen molar-refractivity contribution in [3.63, 3.8) is 0 Å². The Morgan fingerprint density at radius 2 is 2.22 bits per heavy atom. The first-order chi connectivity index (χ1) is 8.69. The molecule has 1 fully saturated rings. The highest BCUT2D eigenvalue weighted by molar-refractivity contribution is 5.89. The Balaban J connectivity index is 1.85. The van der Waals surface area contributed by atoms with Crippen molar-refractivity contribution < 1.29 is 13.9 Å². The van der Waals surface area contributed by atoms with Gasteiger partial charge in [-0.3, -0.25) is 0 Å².